The first-order chi connectivity index (χ1) is 12.2. The summed E-state index contributed by atoms with van der Waals surface area (Å²) in [5, 5.41) is 8.75. The smallest absolute Gasteiger partial charge is 0.324 e. The zero-order valence-corrected chi connectivity index (χ0v) is 17.2. The molecule has 0 bridgehead atoms. The minimum atomic E-state index is -0.341. The van der Waals surface area contributed by atoms with Crippen LogP contribution >= 0.6 is 24.0 Å². The molecule has 1 aliphatic rings. The van der Waals surface area contributed by atoms with Crippen LogP contribution < -0.4 is 20.7 Å². The number of amides is 3. The summed E-state index contributed by atoms with van der Waals surface area (Å²) in [7, 11) is 0. The van der Waals surface area contributed by atoms with Gasteiger partial charge in [0.25, 0.3) is 0 Å². The van der Waals surface area contributed by atoms with Crippen LogP contribution in [0.5, 0.6) is 5.75 Å². The molecule has 0 spiro atoms. The van der Waals surface area contributed by atoms with Crippen molar-refractivity contribution in [2.45, 2.75) is 13.3 Å². The second kappa shape index (κ2) is 12.3. The Morgan fingerprint density at radius 1 is 1.27 bits per heavy atom. The molecule has 8 nitrogen and oxygen atoms in total. The van der Waals surface area contributed by atoms with Crippen molar-refractivity contribution < 1.29 is 14.3 Å². The van der Waals surface area contributed by atoms with Crippen LogP contribution in [-0.4, -0.2) is 62.1 Å². The highest BCUT2D eigenvalue weighted by Gasteiger charge is 2.27. The number of guanidine groups is 1. The first-order valence-electron chi connectivity index (χ1n) is 8.49. The maximum Gasteiger partial charge on any atom is 0.324 e. The first-order valence-corrected chi connectivity index (χ1v) is 8.49. The van der Waals surface area contributed by atoms with E-state index in [1.165, 1.54) is 4.90 Å². The number of benzene rings is 1. The highest BCUT2D eigenvalue weighted by Crippen LogP contribution is 2.08. The number of rotatable bonds is 9. The number of ether oxygens (including phenoxy) is 1. The molecule has 0 saturated carbocycles. The van der Waals surface area contributed by atoms with E-state index in [0.717, 1.165) is 18.7 Å². The van der Waals surface area contributed by atoms with Gasteiger partial charge in [0.2, 0.25) is 5.91 Å². The molecule has 3 amide bonds. The Kier molecular flexibility index (Phi) is 10.4. The van der Waals surface area contributed by atoms with E-state index in [4.69, 9.17) is 4.74 Å². The summed E-state index contributed by atoms with van der Waals surface area (Å²) in [6, 6.07) is 9.32. The van der Waals surface area contributed by atoms with Crippen LogP contribution in [0.15, 0.2) is 35.3 Å². The molecule has 1 aromatic carbocycles. The molecule has 0 unspecified atom stereocenters. The normalized spacial score (nSPS) is 13.9. The van der Waals surface area contributed by atoms with Gasteiger partial charge in [0, 0.05) is 32.6 Å². The molecule has 144 valence electrons. The maximum absolute atomic E-state index is 11.5. The van der Waals surface area contributed by atoms with E-state index >= 15 is 0 Å². The van der Waals surface area contributed by atoms with Gasteiger partial charge in [0.05, 0.1) is 13.2 Å². The van der Waals surface area contributed by atoms with Gasteiger partial charge < -0.3 is 20.7 Å². The lowest BCUT2D eigenvalue weighted by atomic mass is 10.3. The van der Waals surface area contributed by atoms with Crippen LogP contribution in [0.1, 0.15) is 13.3 Å². The second-order valence-electron chi connectivity index (χ2n) is 5.41. The van der Waals surface area contributed by atoms with Crippen molar-refractivity contribution in [2.24, 2.45) is 4.99 Å². The van der Waals surface area contributed by atoms with E-state index in [-0.39, 0.29) is 42.5 Å². The Labute approximate surface area is 170 Å². The summed E-state index contributed by atoms with van der Waals surface area (Å²) in [4.78, 5) is 28.6. The van der Waals surface area contributed by atoms with Crippen molar-refractivity contribution >= 4 is 41.9 Å². The van der Waals surface area contributed by atoms with Crippen molar-refractivity contribution in [3.63, 3.8) is 0 Å². The van der Waals surface area contributed by atoms with Crippen molar-refractivity contribution in [3.8, 4) is 5.75 Å². The minimum Gasteiger partial charge on any atom is -0.494 e. The van der Waals surface area contributed by atoms with Gasteiger partial charge >= 0.3 is 6.03 Å². The molecule has 1 fully saturated rings. The zero-order valence-electron chi connectivity index (χ0n) is 14.9. The van der Waals surface area contributed by atoms with Gasteiger partial charge in [0.15, 0.2) is 5.96 Å². The highest BCUT2D eigenvalue weighted by atomic mass is 127. The number of nitrogens with zero attached hydrogens (tertiary/aromatic N) is 2. The van der Waals surface area contributed by atoms with E-state index in [1.807, 2.05) is 37.3 Å². The summed E-state index contributed by atoms with van der Waals surface area (Å²) < 4.78 is 5.62. The van der Waals surface area contributed by atoms with E-state index < -0.39 is 0 Å². The quantitative estimate of drug-likeness (QED) is 0.164. The Bertz CT molecular complexity index is 581. The maximum atomic E-state index is 11.5. The number of aliphatic imine (C=N–C) groups is 1. The summed E-state index contributed by atoms with van der Waals surface area (Å²) in [6.45, 7) is 4.76. The average molecular weight is 475 g/mol. The van der Waals surface area contributed by atoms with Gasteiger partial charge in [-0.3, -0.25) is 14.7 Å². The van der Waals surface area contributed by atoms with Gasteiger partial charge in [-0.15, -0.1) is 24.0 Å². The number of nitrogens with one attached hydrogen (secondary N) is 3. The molecule has 1 aliphatic heterocycles. The van der Waals surface area contributed by atoms with Gasteiger partial charge in [0.1, 0.15) is 5.75 Å². The Morgan fingerprint density at radius 2 is 2.04 bits per heavy atom. The van der Waals surface area contributed by atoms with Crippen molar-refractivity contribution in [2.75, 3.05) is 39.3 Å². The molecule has 0 aliphatic carbocycles. The SMILES string of the molecule is CCNC(=NCCCOc1ccccc1)NCCN1C(=O)CNC1=O.I. The van der Waals surface area contributed by atoms with Gasteiger partial charge in [-0.05, 0) is 19.1 Å². The Hall–Kier alpha value is -2.04. The number of urea groups is 1. The molecule has 1 aromatic rings. The fraction of sp³-hybridized carbons (Fsp3) is 0.471. The fourth-order valence-electron chi connectivity index (χ4n) is 2.27. The predicted molar refractivity (Wildman–Crippen MR) is 111 cm³/mol. The van der Waals surface area contributed by atoms with Gasteiger partial charge in [-0.25, -0.2) is 4.79 Å². The lowest BCUT2D eigenvalue weighted by molar-refractivity contribution is -0.124. The lowest BCUT2D eigenvalue weighted by Crippen LogP contribution is -2.43. The third-order valence-corrected chi connectivity index (χ3v) is 3.49. The Balaban J connectivity index is 0.00000338. The van der Waals surface area contributed by atoms with Crippen molar-refractivity contribution in [1.82, 2.24) is 20.9 Å². The summed E-state index contributed by atoms with van der Waals surface area (Å²) in [5.41, 5.74) is 0. The predicted octanol–water partition coefficient (Wildman–Crippen LogP) is 1.18. The molecule has 0 aromatic heterocycles. The number of carbonyl (C=O) groups is 2. The monoisotopic (exact) mass is 475 g/mol. The number of halogens is 1. The van der Waals surface area contributed by atoms with Crippen molar-refractivity contribution in [1.29, 1.82) is 0 Å². The second-order valence-corrected chi connectivity index (χ2v) is 5.41. The molecular formula is C17H26IN5O3. The summed E-state index contributed by atoms with van der Waals surface area (Å²) in [5.74, 6) is 1.31. The topological polar surface area (TPSA) is 95.1 Å². The fourth-order valence-corrected chi connectivity index (χ4v) is 2.27. The molecule has 0 atom stereocenters. The molecule has 1 saturated heterocycles. The molecule has 26 heavy (non-hydrogen) atoms. The zero-order chi connectivity index (χ0) is 17.9. The van der Waals surface area contributed by atoms with E-state index in [1.54, 1.807) is 0 Å². The molecule has 9 heteroatoms. The molecule has 2 rings (SSSR count). The number of hydrogen-bond donors (Lipinski definition) is 3. The summed E-state index contributed by atoms with van der Waals surface area (Å²) in [6.07, 6.45) is 0.790. The Morgan fingerprint density at radius 3 is 2.69 bits per heavy atom. The summed E-state index contributed by atoms with van der Waals surface area (Å²) >= 11 is 0. The average Bonchev–Trinajstić information content (AvgIpc) is 2.94. The van der Waals surface area contributed by atoms with Crippen LogP contribution in [0.3, 0.4) is 0 Å². The van der Waals surface area contributed by atoms with Crippen LogP contribution in [0.25, 0.3) is 0 Å². The van der Waals surface area contributed by atoms with E-state index in [2.05, 4.69) is 20.9 Å². The van der Waals surface area contributed by atoms with Gasteiger partial charge in [-0.2, -0.15) is 0 Å². The van der Waals surface area contributed by atoms with Crippen LogP contribution in [0.4, 0.5) is 4.79 Å². The number of para-hydroxylation sites is 1. The number of carbonyl (C=O) groups excluding carboxylic acids is 2. The standard InChI is InChI=1S/C17H25N5O3.HI/c1-2-18-16(20-10-11-22-15(23)13-21-17(22)24)19-9-6-12-25-14-7-4-3-5-8-14;/h3-5,7-8H,2,6,9-13H2,1H3,(H,21,24)(H2,18,19,20);1H. The molecular weight excluding hydrogens is 449 g/mol. The van der Waals surface area contributed by atoms with E-state index in [0.29, 0.717) is 32.2 Å². The third kappa shape index (κ3) is 7.46. The van der Waals surface area contributed by atoms with Gasteiger partial charge in [-0.1, -0.05) is 18.2 Å². The first kappa shape index (κ1) is 22.0. The lowest BCUT2D eigenvalue weighted by Gasteiger charge is -2.15. The van der Waals surface area contributed by atoms with Crippen molar-refractivity contribution in [3.05, 3.63) is 30.3 Å². The molecule has 3 N–H and O–H groups in total. The molecule has 0 radical (unpaired) electrons. The number of hydrogen-bond acceptors (Lipinski definition) is 4. The van der Waals surface area contributed by atoms with E-state index in [9.17, 15) is 9.59 Å². The largest absolute Gasteiger partial charge is 0.494 e. The number of imide groups is 1. The van der Waals surface area contributed by atoms with Crippen LogP contribution in [0.2, 0.25) is 0 Å². The third-order valence-electron chi connectivity index (χ3n) is 3.49. The highest BCUT2D eigenvalue weighted by molar-refractivity contribution is 14.0. The molecule has 1 heterocycles. The van der Waals surface area contributed by atoms with Crippen LogP contribution in [0, 0.1) is 0 Å². The van der Waals surface area contributed by atoms with Crippen LogP contribution in [-0.2, 0) is 4.79 Å². The minimum absolute atomic E-state index is 0.